The molecule has 3 nitrogen and oxygen atoms in total. The van der Waals surface area contributed by atoms with Crippen LogP contribution in [0.4, 0.5) is 0 Å². The molecule has 0 spiro atoms. The van der Waals surface area contributed by atoms with Gasteiger partial charge in [-0.05, 0) is 32.2 Å². The molecule has 1 amide bonds. The standard InChI is InChI=1S/C12H24N2O/c1-4-9(2)10(3)14-12(15)11-6-5-7-13-8-11/h9-11,13H,4-8H2,1-3H3,(H,14,15). The molecule has 88 valence electrons. The molecule has 0 radical (unpaired) electrons. The van der Waals surface area contributed by atoms with Crippen molar-refractivity contribution in [3.05, 3.63) is 0 Å². The van der Waals surface area contributed by atoms with E-state index in [0.29, 0.717) is 12.0 Å². The van der Waals surface area contributed by atoms with Gasteiger partial charge in [0.1, 0.15) is 0 Å². The fraction of sp³-hybridized carbons (Fsp3) is 0.917. The summed E-state index contributed by atoms with van der Waals surface area (Å²) in [6, 6.07) is 0.296. The molecule has 1 saturated heterocycles. The molecule has 3 heteroatoms. The van der Waals surface area contributed by atoms with Crippen molar-refractivity contribution in [2.45, 2.75) is 46.1 Å². The molecule has 0 aromatic rings. The van der Waals surface area contributed by atoms with Crippen molar-refractivity contribution in [3.63, 3.8) is 0 Å². The van der Waals surface area contributed by atoms with Crippen LogP contribution < -0.4 is 10.6 Å². The van der Waals surface area contributed by atoms with Gasteiger partial charge in [-0.3, -0.25) is 4.79 Å². The van der Waals surface area contributed by atoms with E-state index in [1.807, 2.05) is 0 Å². The lowest BCUT2D eigenvalue weighted by atomic mass is 9.96. The monoisotopic (exact) mass is 212 g/mol. The van der Waals surface area contributed by atoms with E-state index in [2.05, 4.69) is 31.4 Å². The molecule has 1 rings (SSSR count). The van der Waals surface area contributed by atoms with Crippen LogP contribution in [0.5, 0.6) is 0 Å². The van der Waals surface area contributed by atoms with Crippen molar-refractivity contribution in [2.24, 2.45) is 11.8 Å². The summed E-state index contributed by atoms with van der Waals surface area (Å²) in [5.41, 5.74) is 0. The van der Waals surface area contributed by atoms with Gasteiger partial charge in [0.15, 0.2) is 0 Å². The van der Waals surface area contributed by atoms with Crippen LogP contribution in [-0.4, -0.2) is 25.0 Å². The third-order valence-electron chi connectivity index (χ3n) is 3.54. The molecule has 15 heavy (non-hydrogen) atoms. The number of carbonyl (C=O) groups is 1. The second kappa shape index (κ2) is 6.11. The van der Waals surface area contributed by atoms with Gasteiger partial charge in [0, 0.05) is 12.6 Å². The normalized spacial score (nSPS) is 25.7. The van der Waals surface area contributed by atoms with Crippen LogP contribution in [0.25, 0.3) is 0 Å². The van der Waals surface area contributed by atoms with Gasteiger partial charge in [0.25, 0.3) is 0 Å². The summed E-state index contributed by atoms with van der Waals surface area (Å²) in [6.07, 6.45) is 3.27. The van der Waals surface area contributed by atoms with E-state index in [0.717, 1.165) is 32.4 Å². The summed E-state index contributed by atoms with van der Waals surface area (Å²) >= 11 is 0. The molecule has 0 saturated carbocycles. The van der Waals surface area contributed by atoms with E-state index < -0.39 is 0 Å². The Hall–Kier alpha value is -0.570. The summed E-state index contributed by atoms with van der Waals surface area (Å²) in [5.74, 6) is 0.978. The maximum atomic E-state index is 11.9. The van der Waals surface area contributed by atoms with Gasteiger partial charge in [-0.2, -0.15) is 0 Å². The SMILES string of the molecule is CCC(C)C(C)NC(=O)C1CCCNC1. The predicted octanol–water partition coefficient (Wildman–Crippen LogP) is 1.54. The summed E-state index contributed by atoms with van der Waals surface area (Å²) in [5, 5.41) is 6.39. The second-order valence-corrected chi connectivity index (χ2v) is 4.73. The minimum absolute atomic E-state index is 0.185. The molecule has 2 N–H and O–H groups in total. The van der Waals surface area contributed by atoms with Gasteiger partial charge in [0.2, 0.25) is 5.91 Å². The topological polar surface area (TPSA) is 41.1 Å². The first-order chi connectivity index (χ1) is 7.15. The van der Waals surface area contributed by atoms with Crippen LogP contribution >= 0.6 is 0 Å². The molecule has 0 aliphatic carbocycles. The van der Waals surface area contributed by atoms with Crippen LogP contribution in [0, 0.1) is 11.8 Å². The first kappa shape index (κ1) is 12.5. The van der Waals surface area contributed by atoms with Crippen LogP contribution in [0.1, 0.15) is 40.0 Å². The third-order valence-corrected chi connectivity index (χ3v) is 3.54. The third kappa shape index (κ3) is 3.82. The largest absolute Gasteiger partial charge is 0.353 e. The average Bonchev–Trinajstić information content (AvgIpc) is 2.29. The zero-order chi connectivity index (χ0) is 11.3. The van der Waals surface area contributed by atoms with Crippen molar-refractivity contribution in [1.82, 2.24) is 10.6 Å². The van der Waals surface area contributed by atoms with Crippen LogP contribution in [0.2, 0.25) is 0 Å². The van der Waals surface area contributed by atoms with Crippen LogP contribution in [0.3, 0.4) is 0 Å². The summed E-state index contributed by atoms with van der Waals surface area (Å²) in [7, 11) is 0. The van der Waals surface area contributed by atoms with Crippen molar-refractivity contribution in [3.8, 4) is 0 Å². The van der Waals surface area contributed by atoms with Gasteiger partial charge in [-0.25, -0.2) is 0 Å². The molecule has 0 aromatic carbocycles. The molecule has 3 unspecified atom stereocenters. The van der Waals surface area contributed by atoms with E-state index in [1.54, 1.807) is 0 Å². The highest BCUT2D eigenvalue weighted by Gasteiger charge is 2.23. The number of rotatable bonds is 4. The molecule has 1 heterocycles. The highest BCUT2D eigenvalue weighted by molar-refractivity contribution is 5.79. The Labute approximate surface area is 93.0 Å². The number of hydrogen-bond acceptors (Lipinski definition) is 2. The molecule has 1 aliphatic heterocycles. The van der Waals surface area contributed by atoms with E-state index in [-0.39, 0.29) is 11.8 Å². The number of amides is 1. The highest BCUT2D eigenvalue weighted by atomic mass is 16.2. The number of hydrogen-bond donors (Lipinski definition) is 2. The van der Waals surface area contributed by atoms with E-state index in [9.17, 15) is 4.79 Å². The van der Waals surface area contributed by atoms with Gasteiger partial charge < -0.3 is 10.6 Å². The van der Waals surface area contributed by atoms with Crippen molar-refractivity contribution in [2.75, 3.05) is 13.1 Å². The highest BCUT2D eigenvalue weighted by Crippen LogP contribution is 2.12. The van der Waals surface area contributed by atoms with Gasteiger partial charge in [0.05, 0.1) is 5.92 Å². The zero-order valence-corrected chi connectivity index (χ0v) is 10.2. The van der Waals surface area contributed by atoms with Gasteiger partial charge in [-0.15, -0.1) is 0 Å². The lowest BCUT2D eigenvalue weighted by Crippen LogP contribution is -2.45. The Bertz CT molecular complexity index is 200. The second-order valence-electron chi connectivity index (χ2n) is 4.73. The zero-order valence-electron chi connectivity index (χ0n) is 10.2. The molecule has 0 aromatic heterocycles. The first-order valence-corrected chi connectivity index (χ1v) is 6.16. The van der Waals surface area contributed by atoms with Crippen molar-refractivity contribution in [1.29, 1.82) is 0 Å². The lowest BCUT2D eigenvalue weighted by molar-refractivity contribution is -0.126. The Morgan fingerprint density at radius 1 is 1.53 bits per heavy atom. The first-order valence-electron chi connectivity index (χ1n) is 6.16. The fourth-order valence-electron chi connectivity index (χ4n) is 1.91. The Morgan fingerprint density at radius 3 is 2.80 bits per heavy atom. The Morgan fingerprint density at radius 2 is 2.27 bits per heavy atom. The quantitative estimate of drug-likeness (QED) is 0.742. The van der Waals surface area contributed by atoms with E-state index in [4.69, 9.17) is 0 Å². The fourth-order valence-corrected chi connectivity index (χ4v) is 1.91. The molecular weight excluding hydrogens is 188 g/mol. The average molecular weight is 212 g/mol. The van der Waals surface area contributed by atoms with E-state index >= 15 is 0 Å². The van der Waals surface area contributed by atoms with Crippen molar-refractivity contribution < 1.29 is 4.79 Å². The van der Waals surface area contributed by atoms with Crippen LogP contribution in [0.15, 0.2) is 0 Å². The smallest absolute Gasteiger partial charge is 0.224 e. The summed E-state index contributed by atoms with van der Waals surface area (Å²) in [6.45, 7) is 8.35. The number of piperidine rings is 1. The minimum Gasteiger partial charge on any atom is -0.353 e. The van der Waals surface area contributed by atoms with Gasteiger partial charge in [-0.1, -0.05) is 20.3 Å². The van der Waals surface area contributed by atoms with Crippen molar-refractivity contribution >= 4 is 5.91 Å². The molecule has 1 fully saturated rings. The molecule has 0 bridgehead atoms. The van der Waals surface area contributed by atoms with E-state index in [1.165, 1.54) is 0 Å². The van der Waals surface area contributed by atoms with Gasteiger partial charge >= 0.3 is 0 Å². The molecular formula is C12H24N2O. The Balaban J connectivity index is 2.33. The maximum absolute atomic E-state index is 11.9. The number of carbonyl (C=O) groups excluding carboxylic acids is 1. The predicted molar refractivity (Wildman–Crippen MR) is 62.7 cm³/mol. The Kier molecular flexibility index (Phi) is 5.09. The minimum atomic E-state index is 0.185. The van der Waals surface area contributed by atoms with Crippen LogP contribution in [-0.2, 0) is 4.79 Å². The molecule has 1 aliphatic rings. The summed E-state index contributed by atoms with van der Waals surface area (Å²) in [4.78, 5) is 11.9. The maximum Gasteiger partial charge on any atom is 0.224 e. The molecule has 3 atom stereocenters. The summed E-state index contributed by atoms with van der Waals surface area (Å²) < 4.78 is 0. The number of nitrogens with one attached hydrogen (secondary N) is 2. The lowest BCUT2D eigenvalue weighted by Gasteiger charge is -2.26.